The molecule has 2 aromatic carbocycles. The number of benzene rings is 2. The summed E-state index contributed by atoms with van der Waals surface area (Å²) in [6, 6.07) is 13.6. The zero-order valence-electron chi connectivity index (χ0n) is 19.3. The standard InChI is InChI=1S/C24H30F3N3O3S/c1-3-19(20-9-5-4-6-10-20)17-28-23(31)18(2)29-13-15-30(16-14-29)34(32,33)22-12-8-7-11-21(22)24(25,26)27/h4-12,18-19H,3,13-17H2,1-2H3,(H,28,31)/t18-,19-/m1/s1. The Labute approximate surface area is 198 Å². The molecule has 1 aliphatic rings. The molecule has 6 nitrogen and oxygen atoms in total. The van der Waals surface area contributed by atoms with E-state index in [2.05, 4.69) is 12.2 Å². The van der Waals surface area contributed by atoms with E-state index in [9.17, 15) is 26.4 Å². The van der Waals surface area contributed by atoms with Crippen molar-refractivity contribution >= 4 is 15.9 Å². The highest BCUT2D eigenvalue weighted by molar-refractivity contribution is 7.89. The molecule has 2 aromatic rings. The predicted molar refractivity (Wildman–Crippen MR) is 124 cm³/mol. The minimum atomic E-state index is -4.77. The number of rotatable bonds is 8. The summed E-state index contributed by atoms with van der Waals surface area (Å²) in [5.74, 6) is 0.0288. The first-order valence-corrected chi connectivity index (χ1v) is 12.7. The van der Waals surface area contributed by atoms with Crippen LogP contribution < -0.4 is 5.32 Å². The van der Waals surface area contributed by atoms with Crippen LogP contribution in [0.15, 0.2) is 59.5 Å². The van der Waals surface area contributed by atoms with Gasteiger partial charge in [-0.25, -0.2) is 8.42 Å². The average Bonchev–Trinajstić information content (AvgIpc) is 2.84. The van der Waals surface area contributed by atoms with E-state index in [-0.39, 0.29) is 38.0 Å². The zero-order chi connectivity index (χ0) is 24.9. The van der Waals surface area contributed by atoms with E-state index in [1.807, 2.05) is 35.2 Å². The highest BCUT2D eigenvalue weighted by atomic mass is 32.2. The van der Waals surface area contributed by atoms with Gasteiger partial charge in [0.1, 0.15) is 0 Å². The number of carbonyl (C=O) groups excluding carboxylic acids is 1. The van der Waals surface area contributed by atoms with E-state index in [4.69, 9.17) is 0 Å². The van der Waals surface area contributed by atoms with E-state index in [0.717, 1.165) is 28.4 Å². The van der Waals surface area contributed by atoms with Crippen LogP contribution in [0.3, 0.4) is 0 Å². The molecule has 1 saturated heterocycles. The molecule has 1 fully saturated rings. The van der Waals surface area contributed by atoms with Gasteiger partial charge in [-0.1, -0.05) is 49.4 Å². The number of hydrogen-bond acceptors (Lipinski definition) is 4. The van der Waals surface area contributed by atoms with Gasteiger partial charge >= 0.3 is 6.18 Å². The number of halogens is 3. The maximum absolute atomic E-state index is 13.3. The quantitative estimate of drug-likeness (QED) is 0.604. The summed E-state index contributed by atoms with van der Waals surface area (Å²) in [6.45, 7) is 4.81. The van der Waals surface area contributed by atoms with Gasteiger partial charge in [0.15, 0.2) is 0 Å². The molecule has 34 heavy (non-hydrogen) atoms. The summed E-state index contributed by atoms with van der Waals surface area (Å²) in [4.78, 5) is 13.8. The third-order valence-electron chi connectivity index (χ3n) is 6.30. The van der Waals surface area contributed by atoms with Crippen LogP contribution >= 0.6 is 0 Å². The molecule has 0 saturated carbocycles. The van der Waals surface area contributed by atoms with E-state index >= 15 is 0 Å². The van der Waals surface area contributed by atoms with Crippen LogP contribution in [0, 0.1) is 0 Å². The van der Waals surface area contributed by atoms with Crippen molar-refractivity contribution in [1.82, 2.24) is 14.5 Å². The maximum atomic E-state index is 13.3. The molecule has 0 aromatic heterocycles. The molecule has 0 radical (unpaired) electrons. The summed E-state index contributed by atoms with van der Waals surface area (Å²) in [6.07, 6.45) is -3.90. The Balaban J connectivity index is 1.59. The smallest absolute Gasteiger partial charge is 0.354 e. The molecular weight excluding hydrogens is 467 g/mol. The molecule has 1 aliphatic heterocycles. The van der Waals surface area contributed by atoms with Crippen molar-refractivity contribution < 1.29 is 26.4 Å². The lowest BCUT2D eigenvalue weighted by Gasteiger charge is -2.37. The molecule has 186 valence electrons. The monoisotopic (exact) mass is 497 g/mol. The van der Waals surface area contributed by atoms with E-state index in [1.54, 1.807) is 6.92 Å². The molecule has 3 rings (SSSR count). The minimum absolute atomic E-state index is 0.00768. The molecule has 0 bridgehead atoms. The Kier molecular flexibility index (Phi) is 8.38. The van der Waals surface area contributed by atoms with Gasteiger partial charge in [0, 0.05) is 38.6 Å². The van der Waals surface area contributed by atoms with Crippen LogP contribution in [0.4, 0.5) is 13.2 Å². The van der Waals surface area contributed by atoms with Crippen molar-refractivity contribution in [3.63, 3.8) is 0 Å². The third-order valence-corrected chi connectivity index (χ3v) is 8.25. The SMILES string of the molecule is CC[C@H](CNC(=O)[C@@H](C)N1CCN(S(=O)(=O)c2ccccc2C(F)(F)F)CC1)c1ccccc1. The summed E-state index contributed by atoms with van der Waals surface area (Å²) in [5, 5.41) is 2.98. The van der Waals surface area contributed by atoms with Crippen LogP contribution in [0.1, 0.15) is 37.3 Å². The van der Waals surface area contributed by atoms with Crippen LogP contribution in [0.25, 0.3) is 0 Å². The summed E-state index contributed by atoms with van der Waals surface area (Å²) < 4.78 is 66.9. The minimum Gasteiger partial charge on any atom is -0.354 e. The second-order valence-electron chi connectivity index (χ2n) is 8.37. The lowest BCUT2D eigenvalue weighted by atomic mass is 9.96. The van der Waals surface area contributed by atoms with Gasteiger partial charge < -0.3 is 5.32 Å². The Morgan fingerprint density at radius 2 is 1.59 bits per heavy atom. The number of sulfonamides is 1. The second-order valence-corrected chi connectivity index (χ2v) is 10.3. The third kappa shape index (κ3) is 5.97. The molecule has 1 amide bonds. The molecule has 10 heteroatoms. The van der Waals surface area contributed by atoms with Gasteiger partial charge in [-0.05, 0) is 31.0 Å². The first-order valence-electron chi connectivity index (χ1n) is 11.3. The van der Waals surface area contributed by atoms with Crippen LogP contribution in [-0.2, 0) is 21.0 Å². The fraction of sp³-hybridized carbons (Fsp3) is 0.458. The van der Waals surface area contributed by atoms with Gasteiger partial charge in [0.2, 0.25) is 15.9 Å². The summed E-state index contributed by atoms with van der Waals surface area (Å²) >= 11 is 0. The fourth-order valence-corrected chi connectivity index (χ4v) is 5.79. The van der Waals surface area contributed by atoms with Gasteiger partial charge in [0.25, 0.3) is 0 Å². The van der Waals surface area contributed by atoms with Crippen molar-refractivity contribution in [1.29, 1.82) is 0 Å². The highest BCUT2D eigenvalue weighted by Gasteiger charge is 2.40. The first-order chi connectivity index (χ1) is 16.1. The number of piperazine rings is 1. The molecule has 2 atom stereocenters. The van der Waals surface area contributed by atoms with Crippen molar-refractivity contribution in [2.75, 3.05) is 32.7 Å². The number of carbonyl (C=O) groups is 1. The van der Waals surface area contributed by atoms with E-state index in [1.165, 1.54) is 12.1 Å². The number of alkyl halides is 3. The average molecular weight is 498 g/mol. The van der Waals surface area contributed by atoms with Gasteiger partial charge in [-0.2, -0.15) is 17.5 Å². The molecule has 0 spiro atoms. The van der Waals surface area contributed by atoms with E-state index < -0.39 is 32.7 Å². The van der Waals surface area contributed by atoms with Crippen molar-refractivity contribution in [3.8, 4) is 0 Å². The lowest BCUT2D eigenvalue weighted by Crippen LogP contribution is -2.55. The summed E-state index contributed by atoms with van der Waals surface area (Å²) in [7, 11) is -4.31. The number of hydrogen-bond donors (Lipinski definition) is 1. The maximum Gasteiger partial charge on any atom is 0.417 e. The topological polar surface area (TPSA) is 69.7 Å². The Bertz CT molecular complexity index is 1070. The van der Waals surface area contributed by atoms with Crippen molar-refractivity contribution in [2.45, 2.75) is 43.3 Å². The molecule has 0 unspecified atom stereocenters. The zero-order valence-corrected chi connectivity index (χ0v) is 20.1. The van der Waals surface area contributed by atoms with Crippen LogP contribution in [-0.4, -0.2) is 62.3 Å². The first kappa shape index (κ1) is 26.2. The largest absolute Gasteiger partial charge is 0.417 e. The van der Waals surface area contributed by atoms with Gasteiger partial charge in [-0.15, -0.1) is 0 Å². The predicted octanol–water partition coefficient (Wildman–Crippen LogP) is 3.71. The highest BCUT2D eigenvalue weighted by Crippen LogP contribution is 2.35. The number of nitrogens with one attached hydrogen (secondary N) is 1. The normalized spacial score (nSPS) is 17.8. The fourth-order valence-electron chi connectivity index (χ4n) is 4.16. The van der Waals surface area contributed by atoms with Crippen LogP contribution in [0.2, 0.25) is 0 Å². The number of nitrogens with zero attached hydrogens (tertiary/aromatic N) is 2. The van der Waals surface area contributed by atoms with Gasteiger partial charge in [-0.3, -0.25) is 9.69 Å². The summed E-state index contributed by atoms with van der Waals surface area (Å²) in [5.41, 5.74) is -0.0232. The molecule has 1 heterocycles. The van der Waals surface area contributed by atoms with Crippen LogP contribution in [0.5, 0.6) is 0 Å². The molecular formula is C24H30F3N3O3S. The molecule has 0 aliphatic carbocycles. The van der Waals surface area contributed by atoms with E-state index in [0.29, 0.717) is 6.54 Å². The Morgan fingerprint density at radius 1 is 1.00 bits per heavy atom. The van der Waals surface area contributed by atoms with Crippen molar-refractivity contribution in [3.05, 3.63) is 65.7 Å². The lowest BCUT2D eigenvalue weighted by molar-refractivity contribution is -0.140. The Hall–Kier alpha value is -2.43. The molecule has 1 N–H and O–H groups in total. The van der Waals surface area contributed by atoms with Crippen molar-refractivity contribution in [2.24, 2.45) is 0 Å². The number of amides is 1. The van der Waals surface area contributed by atoms with Gasteiger partial charge in [0.05, 0.1) is 16.5 Å². The Morgan fingerprint density at radius 3 is 2.18 bits per heavy atom. The second kappa shape index (κ2) is 10.9.